The van der Waals surface area contributed by atoms with Crippen molar-refractivity contribution in [3.63, 3.8) is 0 Å². The summed E-state index contributed by atoms with van der Waals surface area (Å²) in [4.78, 5) is 8.96. The summed E-state index contributed by atoms with van der Waals surface area (Å²) in [6.07, 6.45) is 1.73. The molecule has 0 saturated heterocycles. The summed E-state index contributed by atoms with van der Waals surface area (Å²) >= 11 is 0. The van der Waals surface area contributed by atoms with Gasteiger partial charge in [0.15, 0.2) is 5.82 Å². The molecular formula is C18H22N4O. The van der Waals surface area contributed by atoms with E-state index in [2.05, 4.69) is 46.4 Å². The molecule has 0 amide bonds. The molecule has 0 aliphatic rings. The van der Waals surface area contributed by atoms with Gasteiger partial charge < -0.3 is 9.84 Å². The van der Waals surface area contributed by atoms with Crippen molar-refractivity contribution in [1.82, 2.24) is 15.1 Å². The Bertz CT molecular complexity index is 795. The van der Waals surface area contributed by atoms with Crippen molar-refractivity contribution in [3.05, 3.63) is 47.7 Å². The van der Waals surface area contributed by atoms with E-state index in [1.54, 1.807) is 0 Å². The standard InChI is InChI=1S/C18H22N4O/c1-12(2)18-21-17(23-22-18)9-6-10-19-16-11-13(3)20-15-8-5-4-7-14(15)16/h4-5,7-8,11-12H,6,9-10H2,1-3H3,(H,19,20). The first-order valence-electron chi connectivity index (χ1n) is 8.06. The maximum absolute atomic E-state index is 5.27. The topological polar surface area (TPSA) is 63.8 Å². The lowest BCUT2D eigenvalue weighted by Gasteiger charge is -2.10. The van der Waals surface area contributed by atoms with Crippen molar-refractivity contribution in [2.75, 3.05) is 11.9 Å². The first kappa shape index (κ1) is 15.5. The molecule has 1 aromatic carbocycles. The summed E-state index contributed by atoms with van der Waals surface area (Å²) in [6, 6.07) is 10.3. The zero-order valence-electron chi connectivity index (χ0n) is 13.8. The van der Waals surface area contributed by atoms with Gasteiger partial charge in [0.2, 0.25) is 5.89 Å². The van der Waals surface area contributed by atoms with Crippen molar-refractivity contribution in [1.29, 1.82) is 0 Å². The zero-order chi connectivity index (χ0) is 16.2. The summed E-state index contributed by atoms with van der Waals surface area (Å²) in [5.74, 6) is 1.80. The van der Waals surface area contributed by atoms with E-state index in [0.717, 1.165) is 47.5 Å². The van der Waals surface area contributed by atoms with E-state index in [1.165, 1.54) is 0 Å². The van der Waals surface area contributed by atoms with Gasteiger partial charge in [0, 0.05) is 35.7 Å². The molecule has 0 fully saturated rings. The molecule has 0 aliphatic carbocycles. The van der Waals surface area contributed by atoms with E-state index < -0.39 is 0 Å². The van der Waals surface area contributed by atoms with Crippen LogP contribution in [-0.4, -0.2) is 21.7 Å². The first-order chi connectivity index (χ1) is 11.1. The van der Waals surface area contributed by atoms with Gasteiger partial charge in [-0.05, 0) is 25.5 Å². The van der Waals surface area contributed by atoms with Crippen LogP contribution >= 0.6 is 0 Å². The van der Waals surface area contributed by atoms with E-state index in [-0.39, 0.29) is 0 Å². The maximum Gasteiger partial charge on any atom is 0.226 e. The first-order valence-corrected chi connectivity index (χ1v) is 8.06. The number of benzene rings is 1. The highest BCUT2D eigenvalue weighted by molar-refractivity contribution is 5.91. The minimum absolute atomic E-state index is 0.303. The molecule has 0 spiro atoms. The van der Waals surface area contributed by atoms with Crippen LogP contribution in [0.3, 0.4) is 0 Å². The molecule has 23 heavy (non-hydrogen) atoms. The number of rotatable bonds is 6. The molecule has 120 valence electrons. The highest BCUT2D eigenvalue weighted by Gasteiger charge is 2.09. The molecule has 5 heteroatoms. The lowest BCUT2D eigenvalue weighted by molar-refractivity contribution is 0.369. The predicted octanol–water partition coefficient (Wildman–Crippen LogP) is 4.09. The third kappa shape index (κ3) is 3.67. The molecule has 0 radical (unpaired) electrons. The van der Waals surface area contributed by atoms with Crippen molar-refractivity contribution in [3.8, 4) is 0 Å². The van der Waals surface area contributed by atoms with Gasteiger partial charge in [-0.25, -0.2) is 0 Å². The fraction of sp³-hybridized carbons (Fsp3) is 0.389. The fourth-order valence-corrected chi connectivity index (χ4v) is 2.52. The Hall–Kier alpha value is -2.43. The number of hydrogen-bond donors (Lipinski definition) is 1. The molecule has 0 unspecified atom stereocenters. The van der Waals surface area contributed by atoms with E-state index in [1.807, 2.05) is 25.1 Å². The quantitative estimate of drug-likeness (QED) is 0.695. The number of aromatic nitrogens is 3. The van der Waals surface area contributed by atoms with Crippen molar-refractivity contribution >= 4 is 16.6 Å². The number of fused-ring (bicyclic) bond motifs is 1. The van der Waals surface area contributed by atoms with Gasteiger partial charge in [0.05, 0.1) is 5.52 Å². The summed E-state index contributed by atoms with van der Waals surface area (Å²) in [5, 5.41) is 8.64. The Balaban J connectivity index is 1.60. The van der Waals surface area contributed by atoms with Crippen LogP contribution < -0.4 is 5.32 Å². The highest BCUT2D eigenvalue weighted by Crippen LogP contribution is 2.22. The van der Waals surface area contributed by atoms with Crippen LogP contribution in [0.25, 0.3) is 10.9 Å². The average Bonchev–Trinajstić information content (AvgIpc) is 3.00. The average molecular weight is 310 g/mol. The Morgan fingerprint density at radius 3 is 2.78 bits per heavy atom. The van der Waals surface area contributed by atoms with Crippen LogP contribution in [-0.2, 0) is 6.42 Å². The van der Waals surface area contributed by atoms with E-state index in [0.29, 0.717) is 11.8 Å². The second kappa shape index (κ2) is 6.77. The number of para-hydroxylation sites is 1. The molecule has 1 N–H and O–H groups in total. The largest absolute Gasteiger partial charge is 0.384 e. The molecule has 2 heterocycles. The maximum atomic E-state index is 5.27. The number of pyridine rings is 1. The Morgan fingerprint density at radius 1 is 1.17 bits per heavy atom. The van der Waals surface area contributed by atoms with Crippen LogP contribution in [0.1, 0.15) is 43.6 Å². The number of aryl methyl sites for hydroxylation is 2. The third-order valence-corrected chi connectivity index (χ3v) is 3.73. The summed E-state index contributed by atoms with van der Waals surface area (Å²) in [6.45, 7) is 7.00. The Kier molecular flexibility index (Phi) is 4.55. The Morgan fingerprint density at radius 2 is 2.00 bits per heavy atom. The molecule has 3 aromatic rings. The SMILES string of the molecule is Cc1cc(NCCCc2nc(C(C)C)no2)c2ccccc2n1. The molecule has 0 saturated carbocycles. The fourth-order valence-electron chi connectivity index (χ4n) is 2.52. The van der Waals surface area contributed by atoms with Crippen LogP contribution in [0.2, 0.25) is 0 Å². The van der Waals surface area contributed by atoms with Crippen LogP contribution in [0, 0.1) is 6.92 Å². The molecule has 0 atom stereocenters. The minimum Gasteiger partial charge on any atom is -0.384 e. The number of nitrogens with one attached hydrogen (secondary N) is 1. The van der Waals surface area contributed by atoms with Gasteiger partial charge in [-0.2, -0.15) is 4.98 Å². The van der Waals surface area contributed by atoms with Gasteiger partial charge in [0.25, 0.3) is 0 Å². The number of nitrogens with zero attached hydrogens (tertiary/aromatic N) is 3. The Labute approximate surface area is 136 Å². The molecule has 2 aromatic heterocycles. The van der Waals surface area contributed by atoms with Crippen LogP contribution in [0.4, 0.5) is 5.69 Å². The normalized spacial score (nSPS) is 11.3. The zero-order valence-corrected chi connectivity index (χ0v) is 13.8. The second-order valence-corrected chi connectivity index (χ2v) is 6.06. The van der Waals surface area contributed by atoms with Crippen LogP contribution in [0.15, 0.2) is 34.9 Å². The molecule has 0 aliphatic heterocycles. The van der Waals surface area contributed by atoms with Gasteiger partial charge >= 0.3 is 0 Å². The van der Waals surface area contributed by atoms with Crippen molar-refractivity contribution in [2.45, 2.75) is 39.5 Å². The predicted molar refractivity (Wildman–Crippen MR) is 91.7 cm³/mol. The van der Waals surface area contributed by atoms with Crippen LogP contribution in [0.5, 0.6) is 0 Å². The molecule has 0 bridgehead atoms. The van der Waals surface area contributed by atoms with Crippen molar-refractivity contribution in [2.24, 2.45) is 0 Å². The monoisotopic (exact) mass is 310 g/mol. The molecular weight excluding hydrogens is 288 g/mol. The van der Waals surface area contributed by atoms with Gasteiger partial charge in [-0.3, -0.25) is 4.98 Å². The third-order valence-electron chi connectivity index (χ3n) is 3.73. The van der Waals surface area contributed by atoms with Gasteiger partial charge in [0.1, 0.15) is 0 Å². The minimum atomic E-state index is 0.303. The van der Waals surface area contributed by atoms with E-state index in [4.69, 9.17) is 4.52 Å². The lowest BCUT2D eigenvalue weighted by atomic mass is 10.1. The molecule has 5 nitrogen and oxygen atoms in total. The second-order valence-electron chi connectivity index (χ2n) is 6.06. The van der Waals surface area contributed by atoms with E-state index >= 15 is 0 Å². The summed E-state index contributed by atoms with van der Waals surface area (Å²) in [5.41, 5.74) is 3.17. The highest BCUT2D eigenvalue weighted by atomic mass is 16.5. The smallest absolute Gasteiger partial charge is 0.226 e. The molecule has 3 rings (SSSR count). The summed E-state index contributed by atoms with van der Waals surface area (Å²) in [7, 11) is 0. The van der Waals surface area contributed by atoms with Gasteiger partial charge in [-0.15, -0.1) is 0 Å². The number of hydrogen-bond acceptors (Lipinski definition) is 5. The van der Waals surface area contributed by atoms with E-state index in [9.17, 15) is 0 Å². The number of anilines is 1. The van der Waals surface area contributed by atoms with Crippen molar-refractivity contribution < 1.29 is 4.52 Å². The lowest BCUT2D eigenvalue weighted by Crippen LogP contribution is -2.04. The summed E-state index contributed by atoms with van der Waals surface area (Å²) < 4.78 is 5.27. The van der Waals surface area contributed by atoms with Gasteiger partial charge in [-0.1, -0.05) is 37.2 Å².